The maximum Gasteiger partial charge on any atom is 0.191 e. The molecule has 2 N–H and O–H groups in total. The summed E-state index contributed by atoms with van der Waals surface area (Å²) in [6, 6.07) is 0.448. The first-order valence-electron chi connectivity index (χ1n) is 7.96. The van der Waals surface area contributed by atoms with E-state index >= 15 is 0 Å². The van der Waals surface area contributed by atoms with Crippen LogP contribution in [0.25, 0.3) is 0 Å². The molecule has 6 heteroatoms. The van der Waals surface area contributed by atoms with Crippen LogP contribution in [0.1, 0.15) is 57.5 Å². The van der Waals surface area contributed by atoms with Gasteiger partial charge in [0.1, 0.15) is 0 Å². The van der Waals surface area contributed by atoms with Crippen molar-refractivity contribution in [3.8, 4) is 0 Å². The van der Waals surface area contributed by atoms with Gasteiger partial charge in [0, 0.05) is 17.5 Å². The number of guanidine groups is 1. The fourth-order valence-corrected chi connectivity index (χ4v) is 2.79. The number of aromatic nitrogens is 1. The van der Waals surface area contributed by atoms with Crippen molar-refractivity contribution in [1.29, 1.82) is 0 Å². The van der Waals surface area contributed by atoms with Gasteiger partial charge in [0.2, 0.25) is 0 Å². The molecule has 22 heavy (non-hydrogen) atoms. The number of hydrogen-bond donors (Lipinski definition) is 2. The van der Waals surface area contributed by atoms with Crippen LogP contribution in [0.5, 0.6) is 0 Å². The van der Waals surface area contributed by atoms with Crippen LogP contribution < -0.4 is 10.6 Å². The molecule has 0 spiro atoms. The molecule has 0 saturated heterocycles. The largest absolute Gasteiger partial charge is 0.357 e. The van der Waals surface area contributed by atoms with Crippen molar-refractivity contribution in [2.75, 3.05) is 6.54 Å². The van der Waals surface area contributed by atoms with Crippen LogP contribution in [0, 0.1) is 12.8 Å². The van der Waals surface area contributed by atoms with Crippen LogP contribution in [0.15, 0.2) is 10.5 Å². The Bertz CT molecular complexity index is 432. The summed E-state index contributed by atoms with van der Waals surface area (Å²) in [6.45, 7) is 12.5. The zero-order chi connectivity index (χ0) is 15.7. The number of hydrogen-bond acceptors (Lipinski definition) is 3. The van der Waals surface area contributed by atoms with Crippen LogP contribution in [0.2, 0.25) is 0 Å². The fraction of sp³-hybridized carbons (Fsp3) is 0.750. The molecule has 0 saturated carbocycles. The van der Waals surface area contributed by atoms with E-state index in [4.69, 9.17) is 0 Å². The summed E-state index contributed by atoms with van der Waals surface area (Å²) in [5.41, 5.74) is 2.97. The van der Waals surface area contributed by atoms with Crippen molar-refractivity contribution >= 4 is 41.3 Å². The first-order valence-corrected chi connectivity index (χ1v) is 8.84. The lowest BCUT2D eigenvalue weighted by Crippen LogP contribution is -2.42. The van der Waals surface area contributed by atoms with E-state index in [9.17, 15) is 0 Å². The summed E-state index contributed by atoms with van der Waals surface area (Å²) in [6.07, 6.45) is 3.74. The average Bonchev–Trinajstić information content (AvgIpc) is 2.81. The number of thiazole rings is 1. The molecule has 1 aromatic heterocycles. The fourth-order valence-electron chi connectivity index (χ4n) is 2.09. The Hall–Kier alpha value is -0.370. The second kappa shape index (κ2) is 12.1. The summed E-state index contributed by atoms with van der Waals surface area (Å²) >= 11 is 1.67. The Labute approximate surface area is 156 Å². The van der Waals surface area contributed by atoms with Crippen LogP contribution in [-0.4, -0.2) is 23.5 Å². The second-order valence-electron chi connectivity index (χ2n) is 5.93. The Morgan fingerprint density at radius 1 is 1.32 bits per heavy atom. The van der Waals surface area contributed by atoms with E-state index in [-0.39, 0.29) is 24.0 Å². The van der Waals surface area contributed by atoms with Gasteiger partial charge in [0.25, 0.3) is 0 Å². The van der Waals surface area contributed by atoms with Gasteiger partial charge in [-0.2, -0.15) is 0 Å². The highest BCUT2D eigenvalue weighted by Gasteiger charge is 2.06. The van der Waals surface area contributed by atoms with E-state index in [0.29, 0.717) is 12.6 Å². The van der Waals surface area contributed by atoms with Gasteiger partial charge < -0.3 is 10.6 Å². The lowest BCUT2D eigenvalue weighted by atomic mass is 10.0. The molecule has 0 aliphatic rings. The van der Waals surface area contributed by atoms with Crippen LogP contribution in [0.4, 0.5) is 0 Å². The summed E-state index contributed by atoms with van der Waals surface area (Å²) in [5, 5.41) is 6.81. The van der Waals surface area contributed by atoms with E-state index in [1.807, 2.05) is 12.4 Å². The van der Waals surface area contributed by atoms with Crippen molar-refractivity contribution in [2.24, 2.45) is 10.9 Å². The molecule has 1 unspecified atom stereocenters. The zero-order valence-electron chi connectivity index (χ0n) is 14.5. The monoisotopic (exact) mass is 438 g/mol. The molecule has 0 aliphatic carbocycles. The van der Waals surface area contributed by atoms with Gasteiger partial charge in [0.15, 0.2) is 5.96 Å². The number of aryl methyl sites for hydroxylation is 1. The molecule has 0 aromatic carbocycles. The minimum atomic E-state index is 0. The zero-order valence-corrected chi connectivity index (χ0v) is 17.6. The standard InChI is InChI=1S/C16H30N4S.HI/c1-6-17-16(18-10-15-14(5)19-11-21-15)20-13(4)9-7-8-12(2)3;/h11-13H,6-10H2,1-5H3,(H2,17,18,20);1H. The molecule has 1 aromatic rings. The van der Waals surface area contributed by atoms with Gasteiger partial charge in [-0.3, -0.25) is 0 Å². The molecule has 0 aliphatic heterocycles. The van der Waals surface area contributed by atoms with E-state index in [2.05, 4.69) is 48.3 Å². The van der Waals surface area contributed by atoms with Gasteiger partial charge in [-0.15, -0.1) is 35.3 Å². The Kier molecular flexibility index (Phi) is 11.9. The summed E-state index contributed by atoms with van der Waals surface area (Å²) in [5.74, 6) is 1.69. The highest BCUT2D eigenvalue weighted by molar-refractivity contribution is 14.0. The minimum absolute atomic E-state index is 0. The molecule has 0 bridgehead atoms. The first-order chi connectivity index (χ1) is 10.0. The van der Waals surface area contributed by atoms with E-state index in [1.54, 1.807) is 11.3 Å². The molecule has 128 valence electrons. The van der Waals surface area contributed by atoms with E-state index < -0.39 is 0 Å². The number of aliphatic imine (C=N–C) groups is 1. The number of nitrogens with zero attached hydrogens (tertiary/aromatic N) is 2. The van der Waals surface area contributed by atoms with Crippen molar-refractivity contribution in [3.63, 3.8) is 0 Å². The molecule has 1 rings (SSSR count). The Morgan fingerprint density at radius 2 is 2.05 bits per heavy atom. The van der Waals surface area contributed by atoms with Gasteiger partial charge in [-0.05, 0) is 33.1 Å². The van der Waals surface area contributed by atoms with Crippen LogP contribution in [0.3, 0.4) is 0 Å². The van der Waals surface area contributed by atoms with Crippen molar-refractivity contribution in [1.82, 2.24) is 15.6 Å². The molecule has 0 amide bonds. The van der Waals surface area contributed by atoms with Crippen molar-refractivity contribution in [2.45, 2.75) is 66.5 Å². The van der Waals surface area contributed by atoms with E-state index in [1.165, 1.54) is 24.1 Å². The van der Waals surface area contributed by atoms with Crippen molar-refractivity contribution < 1.29 is 0 Å². The van der Waals surface area contributed by atoms with E-state index in [0.717, 1.165) is 24.1 Å². The molecule has 1 atom stereocenters. The van der Waals surface area contributed by atoms with Crippen LogP contribution >= 0.6 is 35.3 Å². The molecule has 0 radical (unpaired) electrons. The Balaban J connectivity index is 0.00000441. The smallest absolute Gasteiger partial charge is 0.191 e. The van der Waals surface area contributed by atoms with Gasteiger partial charge in [-0.1, -0.05) is 26.7 Å². The maximum absolute atomic E-state index is 4.66. The topological polar surface area (TPSA) is 49.3 Å². The average molecular weight is 438 g/mol. The summed E-state index contributed by atoms with van der Waals surface area (Å²) in [4.78, 5) is 10.2. The highest BCUT2D eigenvalue weighted by atomic mass is 127. The van der Waals surface area contributed by atoms with Gasteiger partial charge >= 0.3 is 0 Å². The van der Waals surface area contributed by atoms with Gasteiger partial charge in [0.05, 0.1) is 17.7 Å². The first kappa shape index (κ1) is 21.6. The second-order valence-corrected chi connectivity index (χ2v) is 6.87. The normalized spacial score (nSPS) is 12.9. The predicted octanol–water partition coefficient (Wildman–Crippen LogP) is 4.34. The number of halogens is 1. The molecule has 4 nitrogen and oxygen atoms in total. The SMILES string of the molecule is CCNC(=NCc1scnc1C)NC(C)CCCC(C)C.I. The number of nitrogens with one attached hydrogen (secondary N) is 2. The third-order valence-corrected chi connectivity index (χ3v) is 4.29. The predicted molar refractivity (Wildman–Crippen MR) is 108 cm³/mol. The molecule has 1 heterocycles. The van der Waals surface area contributed by atoms with Crippen LogP contribution in [-0.2, 0) is 6.54 Å². The Morgan fingerprint density at radius 3 is 2.59 bits per heavy atom. The number of rotatable bonds is 8. The molecular weight excluding hydrogens is 407 g/mol. The third-order valence-electron chi connectivity index (χ3n) is 3.37. The molecular formula is C16H31IN4S. The lowest BCUT2D eigenvalue weighted by Gasteiger charge is -2.18. The quantitative estimate of drug-likeness (QED) is 0.361. The summed E-state index contributed by atoms with van der Waals surface area (Å²) < 4.78 is 0. The molecule has 0 fully saturated rings. The minimum Gasteiger partial charge on any atom is -0.357 e. The third kappa shape index (κ3) is 8.92. The van der Waals surface area contributed by atoms with Crippen molar-refractivity contribution in [3.05, 3.63) is 16.1 Å². The lowest BCUT2D eigenvalue weighted by molar-refractivity contribution is 0.491. The van der Waals surface area contributed by atoms with Gasteiger partial charge in [-0.25, -0.2) is 9.98 Å². The maximum atomic E-state index is 4.66. The summed E-state index contributed by atoms with van der Waals surface area (Å²) in [7, 11) is 0. The highest BCUT2D eigenvalue weighted by Crippen LogP contribution is 2.13.